The van der Waals surface area contributed by atoms with Gasteiger partial charge < -0.3 is 17.0 Å². The van der Waals surface area contributed by atoms with Crippen LogP contribution in [0.3, 0.4) is 0 Å². The fraction of sp³-hybridized carbons (Fsp3) is 0.111. The first-order valence-electron chi connectivity index (χ1n) is 9.88. The number of rotatable bonds is 7. The van der Waals surface area contributed by atoms with Crippen molar-refractivity contribution < 1.29 is 17.0 Å². The van der Waals surface area contributed by atoms with Crippen LogP contribution < -0.4 is 21.5 Å². The van der Waals surface area contributed by atoms with Crippen LogP contribution in [0.4, 0.5) is 5.69 Å². The molecule has 0 aliphatic heterocycles. The van der Waals surface area contributed by atoms with Gasteiger partial charge in [0.1, 0.15) is 25.3 Å². The number of quaternary nitrogens is 1. The second-order valence-electron chi connectivity index (χ2n) is 7.41. The molecule has 0 aliphatic carbocycles. The van der Waals surface area contributed by atoms with E-state index >= 15 is 0 Å². The van der Waals surface area contributed by atoms with Crippen LogP contribution in [0, 0.1) is 0 Å². The molecule has 4 aromatic carbocycles. The zero-order chi connectivity index (χ0) is 19.1. The molecule has 0 fully saturated rings. The summed E-state index contributed by atoms with van der Waals surface area (Å²) < 4.78 is 0.860. The predicted octanol–water partition coefficient (Wildman–Crippen LogP) is 3.60. The molecule has 29 heavy (non-hydrogen) atoms. The van der Waals surface area contributed by atoms with Gasteiger partial charge in [-0.1, -0.05) is 109 Å². The van der Waals surface area contributed by atoms with Crippen molar-refractivity contribution in [3.8, 4) is 0 Å². The van der Waals surface area contributed by atoms with Gasteiger partial charge in [-0.15, -0.1) is 0 Å². The summed E-state index contributed by atoms with van der Waals surface area (Å²) in [4.78, 5) is 0. The van der Waals surface area contributed by atoms with E-state index in [2.05, 4.69) is 121 Å². The third-order valence-electron chi connectivity index (χ3n) is 5.29. The zero-order valence-electron chi connectivity index (χ0n) is 16.5. The minimum atomic E-state index is 0. The molecule has 4 aromatic rings. The molecule has 2 heteroatoms. The Balaban J connectivity index is 0.00000240. The van der Waals surface area contributed by atoms with Crippen LogP contribution in [0.1, 0.15) is 16.7 Å². The minimum Gasteiger partial charge on any atom is -1.00 e. The number of nitrogens with zero attached hydrogens (tertiary/aromatic N) is 1. The molecule has 0 unspecified atom stereocenters. The van der Waals surface area contributed by atoms with Gasteiger partial charge in [-0.25, -0.2) is 0 Å². The van der Waals surface area contributed by atoms with Crippen LogP contribution in [0.2, 0.25) is 0 Å². The molecule has 4 rings (SSSR count). The molecule has 0 aliphatic rings. The molecule has 0 N–H and O–H groups in total. The molecule has 0 spiro atoms. The Hall–Kier alpha value is -2.68. The Bertz CT molecular complexity index is 869. The SMILES string of the molecule is [Br-].c1ccc(C[N+](Cc2ccccc2)(Cc2ccccc2)c2ccccc2)cc1. The number of hydrogen-bond acceptors (Lipinski definition) is 0. The van der Waals surface area contributed by atoms with E-state index in [4.69, 9.17) is 0 Å². The maximum atomic E-state index is 2.27. The summed E-state index contributed by atoms with van der Waals surface area (Å²) in [6.45, 7) is 2.86. The Morgan fingerprint density at radius 1 is 0.379 bits per heavy atom. The summed E-state index contributed by atoms with van der Waals surface area (Å²) in [6, 6.07) is 43.5. The van der Waals surface area contributed by atoms with Gasteiger partial charge in [0.15, 0.2) is 0 Å². The lowest BCUT2D eigenvalue weighted by Crippen LogP contribution is -3.00. The molecular weight excluding hydrogens is 418 g/mol. The van der Waals surface area contributed by atoms with E-state index in [1.807, 2.05) is 0 Å². The van der Waals surface area contributed by atoms with Gasteiger partial charge in [0.2, 0.25) is 0 Å². The molecule has 0 heterocycles. The van der Waals surface area contributed by atoms with Gasteiger partial charge in [0.25, 0.3) is 0 Å². The van der Waals surface area contributed by atoms with Gasteiger partial charge in [0, 0.05) is 16.7 Å². The third-order valence-corrected chi connectivity index (χ3v) is 5.29. The quantitative estimate of drug-likeness (QED) is 0.382. The van der Waals surface area contributed by atoms with E-state index in [9.17, 15) is 0 Å². The van der Waals surface area contributed by atoms with Gasteiger partial charge in [-0.2, -0.15) is 0 Å². The number of para-hydroxylation sites is 1. The second-order valence-corrected chi connectivity index (χ2v) is 7.41. The van der Waals surface area contributed by atoms with Crippen molar-refractivity contribution in [2.75, 3.05) is 0 Å². The van der Waals surface area contributed by atoms with E-state index in [-0.39, 0.29) is 17.0 Å². The minimum absolute atomic E-state index is 0. The highest BCUT2D eigenvalue weighted by atomic mass is 79.9. The van der Waals surface area contributed by atoms with Gasteiger partial charge in [0.05, 0.1) is 0 Å². The van der Waals surface area contributed by atoms with Crippen molar-refractivity contribution in [3.05, 3.63) is 138 Å². The summed E-state index contributed by atoms with van der Waals surface area (Å²) in [5, 5.41) is 0. The summed E-state index contributed by atoms with van der Waals surface area (Å²) in [6.07, 6.45) is 0. The summed E-state index contributed by atoms with van der Waals surface area (Å²) >= 11 is 0. The first kappa shape index (κ1) is 21.0. The maximum Gasteiger partial charge on any atom is 0.133 e. The largest absolute Gasteiger partial charge is 1.00 e. The standard InChI is InChI=1S/C27H26N.BrH/c1-5-13-24(14-6-1)21-28(27-19-11-4-12-20-27,22-25-15-7-2-8-16-25)23-26-17-9-3-10-18-26;/h1-20H,21-23H2;1H/q+1;/p-1. The lowest BCUT2D eigenvalue weighted by molar-refractivity contribution is -0.00000582. The molecular formula is C27H26BrN. The van der Waals surface area contributed by atoms with Crippen molar-refractivity contribution in [2.45, 2.75) is 19.6 Å². The molecule has 0 bridgehead atoms. The van der Waals surface area contributed by atoms with E-state index in [0.717, 1.165) is 24.1 Å². The smallest absolute Gasteiger partial charge is 0.133 e. The zero-order valence-corrected chi connectivity index (χ0v) is 18.1. The van der Waals surface area contributed by atoms with Gasteiger partial charge in [-0.05, 0) is 12.1 Å². The van der Waals surface area contributed by atoms with Crippen LogP contribution in [0.15, 0.2) is 121 Å². The fourth-order valence-electron chi connectivity index (χ4n) is 3.98. The summed E-state index contributed by atoms with van der Waals surface area (Å²) in [5.74, 6) is 0. The van der Waals surface area contributed by atoms with Crippen molar-refractivity contribution in [1.82, 2.24) is 4.48 Å². The third kappa shape index (κ3) is 5.44. The van der Waals surface area contributed by atoms with E-state index < -0.39 is 0 Å². The Morgan fingerprint density at radius 2 is 0.655 bits per heavy atom. The van der Waals surface area contributed by atoms with Crippen molar-refractivity contribution in [3.63, 3.8) is 0 Å². The van der Waals surface area contributed by atoms with Gasteiger partial charge >= 0.3 is 0 Å². The Labute approximate surface area is 184 Å². The lowest BCUT2D eigenvalue weighted by atomic mass is 10.0. The van der Waals surface area contributed by atoms with Crippen LogP contribution in [0.25, 0.3) is 0 Å². The Morgan fingerprint density at radius 3 is 0.966 bits per heavy atom. The number of hydrogen-bond donors (Lipinski definition) is 0. The van der Waals surface area contributed by atoms with Crippen LogP contribution in [0.5, 0.6) is 0 Å². The van der Waals surface area contributed by atoms with Crippen LogP contribution in [-0.2, 0) is 19.6 Å². The highest BCUT2D eigenvalue weighted by Gasteiger charge is 2.31. The first-order chi connectivity index (χ1) is 13.8. The molecule has 0 amide bonds. The monoisotopic (exact) mass is 443 g/mol. The summed E-state index contributed by atoms with van der Waals surface area (Å²) in [7, 11) is 0. The van der Waals surface area contributed by atoms with Gasteiger partial charge in [-0.3, -0.25) is 4.48 Å². The molecule has 0 aromatic heterocycles. The molecule has 1 nitrogen and oxygen atoms in total. The molecule has 0 atom stereocenters. The number of benzene rings is 4. The average Bonchev–Trinajstić information content (AvgIpc) is 2.76. The van der Waals surface area contributed by atoms with Crippen molar-refractivity contribution in [1.29, 1.82) is 0 Å². The van der Waals surface area contributed by atoms with Crippen LogP contribution >= 0.6 is 0 Å². The highest BCUT2D eigenvalue weighted by Crippen LogP contribution is 2.32. The van der Waals surface area contributed by atoms with Crippen molar-refractivity contribution >= 4 is 5.69 Å². The van der Waals surface area contributed by atoms with Crippen LogP contribution in [-0.4, -0.2) is 0 Å². The maximum absolute atomic E-state index is 2.27. The lowest BCUT2D eigenvalue weighted by Gasteiger charge is -2.39. The summed E-state index contributed by atoms with van der Waals surface area (Å²) in [5.41, 5.74) is 5.42. The predicted molar refractivity (Wildman–Crippen MR) is 119 cm³/mol. The van der Waals surface area contributed by atoms with E-state index in [1.54, 1.807) is 0 Å². The molecule has 0 saturated heterocycles. The number of halogens is 1. The normalized spacial score (nSPS) is 10.9. The first-order valence-corrected chi connectivity index (χ1v) is 9.88. The fourth-order valence-corrected chi connectivity index (χ4v) is 3.98. The average molecular weight is 444 g/mol. The molecule has 146 valence electrons. The van der Waals surface area contributed by atoms with E-state index in [1.165, 1.54) is 22.4 Å². The topological polar surface area (TPSA) is 0 Å². The second kappa shape index (κ2) is 10.2. The molecule has 0 radical (unpaired) electrons. The Kier molecular flexibility index (Phi) is 7.40. The van der Waals surface area contributed by atoms with E-state index in [0.29, 0.717) is 0 Å². The molecule has 0 saturated carbocycles. The highest BCUT2D eigenvalue weighted by molar-refractivity contribution is 5.45. The van der Waals surface area contributed by atoms with Crippen molar-refractivity contribution in [2.24, 2.45) is 0 Å².